The fraction of sp³-hybridized carbons (Fsp3) is 0.538. The van der Waals surface area contributed by atoms with Crippen LogP contribution >= 0.6 is 0 Å². The summed E-state index contributed by atoms with van der Waals surface area (Å²) in [5, 5.41) is 13.1. The van der Waals surface area contributed by atoms with Gasteiger partial charge in [-0.1, -0.05) is 19.3 Å². The van der Waals surface area contributed by atoms with Crippen LogP contribution in [0.1, 0.15) is 32.1 Å². The molecule has 2 N–H and O–H groups in total. The van der Waals surface area contributed by atoms with E-state index in [9.17, 15) is 13.9 Å². The molecule has 2 nitrogen and oxygen atoms in total. The molecule has 0 atom stereocenters. The lowest BCUT2D eigenvalue weighted by atomic mass is 9.85. The van der Waals surface area contributed by atoms with Crippen LogP contribution in [0.15, 0.2) is 18.2 Å². The Morgan fingerprint density at radius 2 is 1.65 bits per heavy atom. The first-order valence-corrected chi connectivity index (χ1v) is 6.00. The Morgan fingerprint density at radius 3 is 2.24 bits per heavy atom. The maximum absolute atomic E-state index is 12.9. The van der Waals surface area contributed by atoms with Crippen LogP contribution < -0.4 is 5.32 Å². The average Bonchev–Trinajstić information content (AvgIpc) is 2.26. The minimum atomic E-state index is -0.735. The molecule has 0 radical (unpaired) electrons. The Kier molecular flexibility index (Phi) is 3.62. The van der Waals surface area contributed by atoms with Crippen molar-refractivity contribution >= 4 is 5.69 Å². The summed E-state index contributed by atoms with van der Waals surface area (Å²) in [6.07, 6.45) is 4.66. The summed E-state index contributed by atoms with van der Waals surface area (Å²) in [6.45, 7) is 0.343. The van der Waals surface area contributed by atoms with Crippen molar-refractivity contribution in [1.29, 1.82) is 0 Å². The van der Waals surface area contributed by atoms with E-state index >= 15 is 0 Å². The van der Waals surface area contributed by atoms with E-state index in [1.54, 1.807) is 0 Å². The quantitative estimate of drug-likeness (QED) is 0.852. The maximum atomic E-state index is 12.9. The molecule has 0 heterocycles. The first-order chi connectivity index (χ1) is 8.07. The topological polar surface area (TPSA) is 32.3 Å². The van der Waals surface area contributed by atoms with Crippen molar-refractivity contribution in [3.8, 4) is 0 Å². The second kappa shape index (κ2) is 5.00. The average molecular weight is 241 g/mol. The Balaban J connectivity index is 1.96. The molecule has 17 heavy (non-hydrogen) atoms. The molecule has 1 aliphatic carbocycles. The number of anilines is 1. The fourth-order valence-electron chi connectivity index (χ4n) is 2.31. The number of benzene rings is 1. The molecule has 1 aromatic rings. The highest BCUT2D eigenvalue weighted by atomic mass is 19.1. The van der Waals surface area contributed by atoms with Crippen LogP contribution in [-0.4, -0.2) is 17.3 Å². The van der Waals surface area contributed by atoms with Gasteiger partial charge in [-0.15, -0.1) is 0 Å². The van der Waals surface area contributed by atoms with Gasteiger partial charge >= 0.3 is 0 Å². The third kappa shape index (κ3) is 3.40. The largest absolute Gasteiger partial charge is 0.388 e. The molecular formula is C13H17F2NO. The minimum Gasteiger partial charge on any atom is -0.388 e. The van der Waals surface area contributed by atoms with E-state index in [0.717, 1.165) is 38.2 Å². The van der Waals surface area contributed by atoms with Crippen molar-refractivity contribution in [2.45, 2.75) is 37.7 Å². The van der Waals surface area contributed by atoms with Crippen LogP contribution in [0.4, 0.5) is 14.5 Å². The molecule has 0 aromatic heterocycles. The molecule has 0 amide bonds. The van der Waals surface area contributed by atoms with Crippen molar-refractivity contribution in [2.75, 3.05) is 11.9 Å². The molecule has 0 aliphatic heterocycles. The summed E-state index contributed by atoms with van der Waals surface area (Å²) >= 11 is 0. The fourth-order valence-corrected chi connectivity index (χ4v) is 2.31. The van der Waals surface area contributed by atoms with E-state index in [4.69, 9.17) is 0 Å². The molecule has 1 aliphatic rings. The van der Waals surface area contributed by atoms with E-state index < -0.39 is 17.2 Å². The van der Waals surface area contributed by atoms with E-state index in [1.165, 1.54) is 12.1 Å². The summed E-state index contributed by atoms with van der Waals surface area (Å²) in [4.78, 5) is 0. The van der Waals surface area contributed by atoms with Gasteiger partial charge in [-0.25, -0.2) is 8.78 Å². The second-order valence-electron chi connectivity index (χ2n) is 4.80. The normalized spacial score (nSPS) is 19.0. The molecular weight excluding hydrogens is 224 g/mol. The van der Waals surface area contributed by atoms with Gasteiger partial charge in [0.05, 0.1) is 5.60 Å². The lowest BCUT2D eigenvalue weighted by Gasteiger charge is -2.32. The van der Waals surface area contributed by atoms with Crippen LogP contribution in [0.2, 0.25) is 0 Å². The van der Waals surface area contributed by atoms with Crippen molar-refractivity contribution < 1.29 is 13.9 Å². The lowest BCUT2D eigenvalue weighted by molar-refractivity contribution is 0.0167. The Hall–Kier alpha value is -1.16. The maximum Gasteiger partial charge on any atom is 0.128 e. The van der Waals surface area contributed by atoms with Gasteiger partial charge in [0.1, 0.15) is 11.6 Å². The molecule has 1 fully saturated rings. The van der Waals surface area contributed by atoms with Crippen LogP contribution in [-0.2, 0) is 0 Å². The molecule has 2 rings (SSSR count). The monoisotopic (exact) mass is 241 g/mol. The highest BCUT2D eigenvalue weighted by Gasteiger charge is 2.28. The van der Waals surface area contributed by atoms with Gasteiger partial charge < -0.3 is 10.4 Å². The molecule has 94 valence electrons. The Morgan fingerprint density at radius 1 is 1.06 bits per heavy atom. The van der Waals surface area contributed by atoms with Gasteiger partial charge in [-0.05, 0) is 25.0 Å². The van der Waals surface area contributed by atoms with E-state index in [0.29, 0.717) is 12.2 Å². The van der Waals surface area contributed by atoms with E-state index in [-0.39, 0.29) is 0 Å². The predicted molar refractivity (Wildman–Crippen MR) is 62.9 cm³/mol. The zero-order valence-corrected chi connectivity index (χ0v) is 9.68. The van der Waals surface area contributed by atoms with Crippen LogP contribution in [0.3, 0.4) is 0 Å². The molecule has 1 saturated carbocycles. The highest BCUT2D eigenvalue weighted by molar-refractivity contribution is 5.44. The van der Waals surface area contributed by atoms with Gasteiger partial charge in [0.15, 0.2) is 0 Å². The number of rotatable bonds is 3. The molecule has 0 saturated heterocycles. The smallest absolute Gasteiger partial charge is 0.128 e. The summed E-state index contributed by atoms with van der Waals surface area (Å²) < 4.78 is 25.9. The number of hydrogen-bond acceptors (Lipinski definition) is 2. The third-order valence-corrected chi connectivity index (χ3v) is 3.27. The Labute approximate surface area is 99.7 Å². The zero-order valence-electron chi connectivity index (χ0n) is 9.68. The van der Waals surface area contributed by atoms with Crippen molar-refractivity contribution in [3.63, 3.8) is 0 Å². The van der Waals surface area contributed by atoms with Gasteiger partial charge in [0, 0.05) is 18.3 Å². The predicted octanol–water partition coefficient (Wildman–Crippen LogP) is 3.07. The Bertz CT molecular complexity index is 369. The number of aliphatic hydroxyl groups is 1. The van der Waals surface area contributed by atoms with Gasteiger partial charge in [0.2, 0.25) is 0 Å². The first-order valence-electron chi connectivity index (χ1n) is 6.00. The molecule has 0 unspecified atom stereocenters. The highest BCUT2D eigenvalue weighted by Crippen LogP contribution is 2.28. The second-order valence-corrected chi connectivity index (χ2v) is 4.80. The standard InChI is InChI=1S/C13H17F2NO/c14-10-6-11(15)8-12(7-10)16-9-13(17)4-2-1-3-5-13/h6-8,16-17H,1-5,9H2. The summed E-state index contributed by atoms with van der Waals surface area (Å²) in [7, 11) is 0. The van der Waals surface area contributed by atoms with Gasteiger partial charge in [-0.2, -0.15) is 0 Å². The van der Waals surface area contributed by atoms with Gasteiger partial charge in [0.25, 0.3) is 0 Å². The lowest BCUT2D eigenvalue weighted by Crippen LogP contribution is -2.38. The van der Waals surface area contributed by atoms with E-state index in [2.05, 4.69) is 5.32 Å². The first kappa shape index (κ1) is 12.3. The van der Waals surface area contributed by atoms with Crippen molar-refractivity contribution in [2.24, 2.45) is 0 Å². The summed E-state index contributed by atoms with van der Waals surface area (Å²) in [6, 6.07) is 3.30. The molecule has 1 aromatic carbocycles. The van der Waals surface area contributed by atoms with Gasteiger partial charge in [-0.3, -0.25) is 0 Å². The van der Waals surface area contributed by atoms with Crippen molar-refractivity contribution in [3.05, 3.63) is 29.8 Å². The molecule has 4 heteroatoms. The summed E-state index contributed by atoms with van der Waals surface area (Å²) in [5.41, 5.74) is -0.359. The van der Waals surface area contributed by atoms with Crippen LogP contribution in [0.25, 0.3) is 0 Å². The third-order valence-electron chi connectivity index (χ3n) is 3.27. The van der Waals surface area contributed by atoms with Crippen molar-refractivity contribution in [1.82, 2.24) is 0 Å². The van der Waals surface area contributed by atoms with Crippen LogP contribution in [0, 0.1) is 11.6 Å². The SMILES string of the molecule is OC1(CNc2cc(F)cc(F)c2)CCCCC1. The number of hydrogen-bond donors (Lipinski definition) is 2. The number of nitrogens with one attached hydrogen (secondary N) is 1. The van der Waals surface area contributed by atoms with E-state index in [1.807, 2.05) is 0 Å². The molecule has 0 bridgehead atoms. The molecule has 0 spiro atoms. The van der Waals surface area contributed by atoms with Crippen LogP contribution in [0.5, 0.6) is 0 Å². The zero-order chi connectivity index (χ0) is 12.3. The summed E-state index contributed by atoms with van der Waals surface area (Å²) in [5.74, 6) is -1.22. The number of halogens is 2. The minimum absolute atomic E-state index is 0.343.